The molecular formula is C15H23NO3S. The average molecular weight is 297 g/mol. The maximum atomic E-state index is 12.8. The first-order valence-electron chi connectivity index (χ1n) is 7.18. The molecular weight excluding hydrogens is 274 g/mol. The van der Waals surface area contributed by atoms with Gasteiger partial charge in [-0.15, -0.1) is 0 Å². The number of benzene rings is 1. The van der Waals surface area contributed by atoms with Crippen molar-refractivity contribution in [1.82, 2.24) is 4.31 Å². The molecule has 1 heterocycles. The van der Waals surface area contributed by atoms with Crippen LogP contribution in [0.2, 0.25) is 0 Å². The molecule has 2 rings (SSSR count). The average Bonchev–Trinajstić information content (AvgIpc) is 2.41. The highest BCUT2D eigenvalue weighted by Crippen LogP contribution is 2.30. The van der Waals surface area contributed by atoms with Gasteiger partial charge in [0.05, 0.1) is 6.61 Å². The molecule has 5 heteroatoms. The molecule has 1 aromatic rings. The molecule has 0 bridgehead atoms. The lowest BCUT2D eigenvalue weighted by Gasteiger charge is -2.30. The highest BCUT2D eigenvalue weighted by atomic mass is 32.2. The number of piperidine rings is 1. The molecule has 1 aromatic carbocycles. The number of hydrogen-bond donors (Lipinski definition) is 0. The van der Waals surface area contributed by atoms with Gasteiger partial charge in [-0.2, -0.15) is 4.31 Å². The number of nitrogens with zero attached hydrogens (tertiary/aromatic N) is 1. The molecule has 0 aliphatic carbocycles. The van der Waals surface area contributed by atoms with Crippen LogP contribution in [0.3, 0.4) is 0 Å². The SMILES string of the molecule is CCOc1ccc(C)cc1S(=O)(=O)N1CCC(C)CC1. The Bertz CT molecular complexity index is 560. The summed E-state index contributed by atoms with van der Waals surface area (Å²) in [5, 5.41) is 0. The lowest BCUT2D eigenvalue weighted by Crippen LogP contribution is -2.38. The van der Waals surface area contributed by atoms with Crippen molar-refractivity contribution in [2.45, 2.75) is 38.5 Å². The van der Waals surface area contributed by atoms with Gasteiger partial charge in [-0.1, -0.05) is 13.0 Å². The lowest BCUT2D eigenvalue weighted by molar-refractivity contribution is 0.285. The van der Waals surface area contributed by atoms with Gasteiger partial charge in [-0.05, 0) is 50.3 Å². The van der Waals surface area contributed by atoms with Gasteiger partial charge in [0.1, 0.15) is 10.6 Å². The van der Waals surface area contributed by atoms with Gasteiger partial charge < -0.3 is 4.74 Å². The van der Waals surface area contributed by atoms with Gasteiger partial charge in [-0.3, -0.25) is 0 Å². The number of sulfonamides is 1. The Morgan fingerprint density at radius 3 is 2.55 bits per heavy atom. The minimum atomic E-state index is -3.45. The van der Waals surface area contributed by atoms with Gasteiger partial charge in [0.2, 0.25) is 10.0 Å². The third kappa shape index (κ3) is 3.15. The number of ether oxygens (including phenoxy) is 1. The third-order valence-corrected chi connectivity index (χ3v) is 5.68. The van der Waals surface area contributed by atoms with Crippen molar-refractivity contribution < 1.29 is 13.2 Å². The summed E-state index contributed by atoms with van der Waals surface area (Å²) in [7, 11) is -3.45. The van der Waals surface area contributed by atoms with Gasteiger partial charge in [0.15, 0.2) is 0 Å². The zero-order chi connectivity index (χ0) is 14.8. The smallest absolute Gasteiger partial charge is 0.246 e. The highest BCUT2D eigenvalue weighted by Gasteiger charge is 2.30. The summed E-state index contributed by atoms with van der Waals surface area (Å²) in [6.07, 6.45) is 1.85. The van der Waals surface area contributed by atoms with Gasteiger partial charge in [-0.25, -0.2) is 8.42 Å². The molecule has 112 valence electrons. The Hall–Kier alpha value is -1.07. The van der Waals surface area contributed by atoms with Crippen molar-refractivity contribution in [1.29, 1.82) is 0 Å². The van der Waals surface area contributed by atoms with Crippen molar-refractivity contribution in [2.75, 3.05) is 19.7 Å². The van der Waals surface area contributed by atoms with Crippen LogP contribution in [0.5, 0.6) is 5.75 Å². The first kappa shape index (κ1) is 15.3. The quantitative estimate of drug-likeness (QED) is 0.858. The van der Waals surface area contributed by atoms with E-state index in [1.807, 2.05) is 19.9 Å². The van der Waals surface area contributed by atoms with Crippen molar-refractivity contribution in [3.8, 4) is 5.75 Å². The molecule has 4 nitrogen and oxygen atoms in total. The topological polar surface area (TPSA) is 46.6 Å². The van der Waals surface area contributed by atoms with Crippen LogP contribution in [0.25, 0.3) is 0 Å². The summed E-state index contributed by atoms with van der Waals surface area (Å²) in [5.41, 5.74) is 0.928. The molecule has 0 N–H and O–H groups in total. The van der Waals surface area contributed by atoms with Crippen molar-refractivity contribution in [3.63, 3.8) is 0 Å². The van der Waals surface area contributed by atoms with Crippen LogP contribution in [-0.4, -0.2) is 32.4 Å². The highest BCUT2D eigenvalue weighted by molar-refractivity contribution is 7.89. The Morgan fingerprint density at radius 2 is 1.95 bits per heavy atom. The first-order chi connectivity index (χ1) is 9.45. The second kappa shape index (κ2) is 6.14. The third-order valence-electron chi connectivity index (χ3n) is 3.76. The first-order valence-corrected chi connectivity index (χ1v) is 8.62. The molecule has 0 saturated carbocycles. The minimum Gasteiger partial charge on any atom is -0.492 e. The van der Waals surface area contributed by atoms with E-state index in [0.29, 0.717) is 36.3 Å². The summed E-state index contributed by atoms with van der Waals surface area (Å²) in [5.74, 6) is 1.06. The summed E-state index contributed by atoms with van der Waals surface area (Å²) in [4.78, 5) is 0.300. The van der Waals surface area contributed by atoms with E-state index in [1.165, 1.54) is 0 Å². The number of aryl methyl sites for hydroxylation is 1. The minimum absolute atomic E-state index is 0.300. The molecule has 20 heavy (non-hydrogen) atoms. The van der Waals surface area contributed by atoms with Crippen LogP contribution in [-0.2, 0) is 10.0 Å². The number of hydrogen-bond acceptors (Lipinski definition) is 3. The molecule has 0 unspecified atom stereocenters. The summed E-state index contributed by atoms with van der Waals surface area (Å²) in [6.45, 7) is 7.59. The normalized spacial score (nSPS) is 18.1. The predicted octanol–water partition coefficient (Wildman–Crippen LogP) is 2.81. The fraction of sp³-hybridized carbons (Fsp3) is 0.600. The summed E-state index contributed by atoms with van der Waals surface area (Å²) < 4.78 is 32.6. The van der Waals surface area contributed by atoms with Gasteiger partial charge in [0.25, 0.3) is 0 Å². The Labute approximate surface area is 121 Å². The molecule has 0 spiro atoms. The molecule has 1 saturated heterocycles. The van der Waals surface area contributed by atoms with E-state index in [1.54, 1.807) is 16.4 Å². The molecule has 0 amide bonds. The lowest BCUT2D eigenvalue weighted by atomic mass is 10.0. The summed E-state index contributed by atoms with van der Waals surface area (Å²) in [6, 6.07) is 5.33. The predicted molar refractivity (Wildman–Crippen MR) is 79.5 cm³/mol. The van der Waals surface area contributed by atoms with Crippen molar-refractivity contribution in [2.24, 2.45) is 5.92 Å². The van der Waals surface area contributed by atoms with Crippen LogP contribution in [0.1, 0.15) is 32.3 Å². The largest absolute Gasteiger partial charge is 0.492 e. The van der Waals surface area contributed by atoms with E-state index < -0.39 is 10.0 Å². The van der Waals surface area contributed by atoms with Crippen LogP contribution < -0.4 is 4.74 Å². The van der Waals surface area contributed by atoms with Crippen molar-refractivity contribution in [3.05, 3.63) is 23.8 Å². The summed E-state index contributed by atoms with van der Waals surface area (Å²) >= 11 is 0. The second-order valence-electron chi connectivity index (χ2n) is 5.47. The maximum absolute atomic E-state index is 12.8. The van der Waals surface area contributed by atoms with E-state index in [-0.39, 0.29) is 0 Å². The Kier molecular flexibility index (Phi) is 4.70. The maximum Gasteiger partial charge on any atom is 0.246 e. The van der Waals surface area contributed by atoms with Crippen LogP contribution >= 0.6 is 0 Å². The second-order valence-corrected chi connectivity index (χ2v) is 7.38. The van der Waals surface area contributed by atoms with Crippen molar-refractivity contribution >= 4 is 10.0 Å². The molecule has 1 aliphatic rings. The van der Waals surface area contributed by atoms with Gasteiger partial charge >= 0.3 is 0 Å². The fourth-order valence-electron chi connectivity index (χ4n) is 2.46. The number of rotatable bonds is 4. The monoisotopic (exact) mass is 297 g/mol. The standard InChI is InChI=1S/C15H23NO3S/c1-4-19-14-6-5-13(3)11-15(14)20(17,18)16-9-7-12(2)8-10-16/h5-6,11-12H,4,7-10H2,1-3H3. The van der Waals surface area contributed by atoms with Crippen LogP contribution in [0, 0.1) is 12.8 Å². The molecule has 1 fully saturated rings. The molecule has 0 atom stereocenters. The van der Waals surface area contributed by atoms with Gasteiger partial charge in [0, 0.05) is 13.1 Å². The van der Waals surface area contributed by atoms with Crippen LogP contribution in [0.15, 0.2) is 23.1 Å². The Balaban J connectivity index is 2.35. The van der Waals surface area contributed by atoms with E-state index >= 15 is 0 Å². The van der Waals surface area contributed by atoms with E-state index in [2.05, 4.69) is 6.92 Å². The van der Waals surface area contributed by atoms with E-state index in [4.69, 9.17) is 4.74 Å². The zero-order valence-corrected chi connectivity index (χ0v) is 13.2. The fourth-order valence-corrected chi connectivity index (χ4v) is 4.14. The molecule has 0 aromatic heterocycles. The van der Waals surface area contributed by atoms with Crippen LogP contribution in [0.4, 0.5) is 0 Å². The Morgan fingerprint density at radius 1 is 1.30 bits per heavy atom. The molecule has 0 radical (unpaired) electrons. The zero-order valence-electron chi connectivity index (χ0n) is 12.4. The van der Waals surface area contributed by atoms with E-state index in [0.717, 1.165) is 18.4 Å². The molecule has 1 aliphatic heterocycles. The van der Waals surface area contributed by atoms with E-state index in [9.17, 15) is 8.42 Å².